The number of fused-ring (bicyclic) bond motifs is 1. The smallest absolute Gasteiger partial charge is 0.335 e. The molecule has 0 aliphatic heterocycles. The van der Waals surface area contributed by atoms with Gasteiger partial charge in [0.25, 0.3) is 0 Å². The fourth-order valence-corrected chi connectivity index (χ4v) is 2.96. The maximum atomic E-state index is 12.5. The predicted molar refractivity (Wildman–Crippen MR) is 103 cm³/mol. The average Bonchev–Trinajstić information content (AvgIpc) is 3.01. The zero-order valence-electron chi connectivity index (χ0n) is 14.3. The van der Waals surface area contributed by atoms with Crippen LogP contribution in [-0.2, 0) is 16.1 Å². The molecule has 1 heterocycles. The lowest BCUT2D eigenvalue weighted by atomic mass is 10.1. The van der Waals surface area contributed by atoms with Gasteiger partial charge in [-0.2, -0.15) is 0 Å². The zero-order chi connectivity index (χ0) is 18.5. The number of aromatic nitrogens is 1. The van der Waals surface area contributed by atoms with Crippen molar-refractivity contribution in [3.8, 4) is 0 Å². The number of rotatable bonds is 6. The molecule has 0 N–H and O–H groups in total. The van der Waals surface area contributed by atoms with Gasteiger partial charge in [0.05, 0.1) is 24.4 Å². The van der Waals surface area contributed by atoms with Gasteiger partial charge in [-0.3, -0.25) is 4.79 Å². The van der Waals surface area contributed by atoms with Gasteiger partial charge in [0, 0.05) is 15.9 Å². The molecule has 0 saturated carbocycles. The van der Waals surface area contributed by atoms with E-state index in [4.69, 9.17) is 16.3 Å². The van der Waals surface area contributed by atoms with Gasteiger partial charge >= 0.3 is 5.97 Å². The average molecular weight is 368 g/mol. The SMILES string of the molecule is CCOC(=O)/C(=C\c1ccc(Cl)cc1)Cn1c(C=O)cc2ccccc21. The Morgan fingerprint density at radius 1 is 1.15 bits per heavy atom. The normalized spacial score (nSPS) is 11.5. The highest BCUT2D eigenvalue weighted by atomic mass is 35.5. The minimum absolute atomic E-state index is 0.239. The highest BCUT2D eigenvalue weighted by molar-refractivity contribution is 6.30. The summed E-state index contributed by atoms with van der Waals surface area (Å²) in [5, 5.41) is 1.57. The third-order valence-corrected chi connectivity index (χ3v) is 4.29. The number of hydrogen-bond donors (Lipinski definition) is 0. The molecule has 3 aromatic rings. The molecular weight excluding hydrogens is 350 g/mol. The van der Waals surface area contributed by atoms with Crippen LogP contribution in [0.15, 0.2) is 60.2 Å². The first-order chi connectivity index (χ1) is 12.6. The number of halogens is 1. The molecule has 0 saturated heterocycles. The van der Waals surface area contributed by atoms with Gasteiger partial charge in [0.15, 0.2) is 6.29 Å². The van der Waals surface area contributed by atoms with Crippen LogP contribution in [0.3, 0.4) is 0 Å². The second-order valence-electron chi connectivity index (χ2n) is 5.77. The van der Waals surface area contributed by atoms with Gasteiger partial charge in [-0.25, -0.2) is 4.79 Å². The van der Waals surface area contributed by atoms with Crippen molar-refractivity contribution in [2.24, 2.45) is 0 Å². The van der Waals surface area contributed by atoms with Crippen molar-refractivity contribution in [3.05, 3.63) is 76.5 Å². The Hall–Kier alpha value is -2.85. The van der Waals surface area contributed by atoms with Gasteiger partial charge in [-0.15, -0.1) is 0 Å². The first kappa shape index (κ1) is 18.0. The minimum Gasteiger partial charge on any atom is -0.463 e. The van der Waals surface area contributed by atoms with Crippen LogP contribution in [0.5, 0.6) is 0 Å². The summed E-state index contributed by atoms with van der Waals surface area (Å²) in [6.07, 6.45) is 2.56. The van der Waals surface area contributed by atoms with E-state index in [1.807, 2.05) is 47.0 Å². The molecule has 0 aliphatic carbocycles. The third kappa shape index (κ3) is 3.86. The van der Waals surface area contributed by atoms with Crippen LogP contribution in [0.1, 0.15) is 23.0 Å². The van der Waals surface area contributed by atoms with Crippen molar-refractivity contribution >= 4 is 40.8 Å². The molecule has 0 fully saturated rings. The van der Waals surface area contributed by atoms with Crippen LogP contribution in [0, 0.1) is 0 Å². The summed E-state index contributed by atoms with van der Waals surface area (Å²) in [6.45, 7) is 2.28. The number of carbonyl (C=O) groups excluding carboxylic acids is 2. The van der Waals surface area contributed by atoms with Gasteiger partial charge < -0.3 is 9.30 Å². The number of para-hydroxylation sites is 1. The summed E-state index contributed by atoms with van der Waals surface area (Å²) in [5.74, 6) is -0.405. The fourth-order valence-electron chi connectivity index (χ4n) is 2.83. The highest BCUT2D eigenvalue weighted by Crippen LogP contribution is 2.22. The Balaban J connectivity index is 2.05. The molecule has 2 aromatic carbocycles. The molecule has 0 atom stereocenters. The number of benzene rings is 2. The summed E-state index contributed by atoms with van der Waals surface area (Å²) >= 11 is 5.93. The second kappa shape index (κ2) is 8.02. The molecule has 5 heteroatoms. The lowest BCUT2D eigenvalue weighted by molar-refractivity contribution is -0.138. The first-order valence-corrected chi connectivity index (χ1v) is 8.67. The van der Waals surface area contributed by atoms with Gasteiger partial charge in [0.1, 0.15) is 0 Å². The first-order valence-electron chi connectivity index (χ1n) is 8.29. The molecular formula is C21H18ClNO3. The highest BCUT2D eigenvalue weighted by Gasteiger charge is 2.15. The zero-order valence-corrected chi connectivity index (χ0v) is 15.1. The van der Waals surface area contributed by atoms with Crippen molar-refractivity contribution < 1.29 is 14.3 Å². The molecule has 0 radical (unpaired) electrons. The molecule has 0 bridgehead atoms. The minimum atomic E-state index is -0.405. The molecule has 0 unspecified atom stereocenters. The molecule has 3 rings (SSSR count). The Labute approximate surface area is 156 Å². The van der Waals surface area contributed by atoms with E-state index in [1.54, 1.807) is 25.1 Å². The Morgan fingerprint density at radius 3 is 2.58 bits per heavy atom. The summed E-state index contributed by atoms with van der Waals surface area (Å²) in [7, 11) is 0. The molecule has 0 spiro atoms. The number of hydrogen-bond acceptors (Lipinski definition) is 3. The quantitative estimate of drug-likeness (QED) is 0.358. The molecule has 1 aromatic heterocycles. The molecule has 0 amide bonds. The third-order valence-electron chi connectivity index (χ3n) is 4.04. The van der Waals surface area contributed by atoms with E-state index in [-0.39, 0.29) is 13.2 Å². The molecule has 26 heavy (non-hydrogen) atoms. The summed E-state index contributed by atoms with van der Waals surface area (Å²) in [4.78, 5) is 24.0. The van der Waals surface area contributed by atoms with Crippen LogP contribution in [0.4, 0.5) is 0 Å². The Morgan fingerprint density at radius 2 is 1.88 bits per heavy atom. The number of carbonyl (C=O) groups is 2. The van der Waals surface area contributed by atoms with Crippen molar-refractivity contribution in [1.82, 2.24) is 4.57 Å². The number of aldehydes is 1. The van der Waals surface area contributed by atoms with E-state index < -0.39 is 5.97 Å². The number of ether oxygens (including phenoxy) is 1. The van der Waals surface area contributed by atoms with Gasteiger partial charge in [0.2, 0.25) is 0 Å². The summed E-state index contributed by atoms with van der Waals surface area (Å²) < 4.78 is 7.02. The van der Waals surface area contributed by atoms with E-state index in [9.17, 15) is 9.59 Å². The Kier molecular flexibility index (Phi) is 5.54. The lowest BCUT2D eigenvalue weighted by Gasteiger charge is -2.11. The predicted octanol–water partition coefficient (Wildman–Crippen LogP) is 4.75. The molecule has 0 aliphatic rings. The van der Waals surface area contributed by atoms with Crippen molar-refractivity contribution in [1.29, 1.82) is 0 Å². The van der Waals surface area contributed by atoms with Crippen LogP contribution < -0.4 is 0 Å². The summed E-state index contributed by atoms with van der Waals surface area (Å²) in [6, 6.07) is 16.7. The van der Waals surface area contributed by atoms with Gasteiger partial charge in [-0.05, 0) is 42.8 Å². The van der Waals surface area contributed by atoms with E-state index in [0.29, 0.717) is 16.3 Å². The number of esters is 1. The number of nitrogens with zero attached hydrogens (tertiary/aromatic N) is 1. The van der Waals surface area contributed by atoms with Crippen molar-refractivity contribution in [2.45, 2.75) is 13.5 Å². The van der Waals surface area contributed by atoms with Crippen LogP contribution in [0.2, 0.25) is 5.02 Å². The summed E-state index contributed by atoms with van der Waals surface area (Å²) in [5.41, 5.74) is 2.69. The van der Waals surface area contributed by atoms with Crippen LogP contribution in [0.25, 0.3) is 17.0 Å². The van der Waals surface area contributed by atoms with Gasteiger partial charge in [-0.1, -0.05) is 41.9 Å². The molecule has 132 valence electrons. The van der Waals surface area contributed by atoms with E-state index in [2.05, 4.69) is 0 Å². The fraction of sp³-hybridized carbons (Fsp3) is 0.143. The largest absolute Gasteiger partial charge is 0.463 e. The second-order valence-corrected chi connectivity index (χ2v) is 6.21. The van der Waals surface area contributed by atoms with Crippen LogP contribution in [-0.4, -0.2) is 23.4 Å². The lowest BCUT2D eigenvalue weighted by Crippen LogP contribution is -2.14. The van der Waals surface area contributed by atoms with Crippen LogP contribution >= 0.6 is 11.6 Å². The van der Waals surface area contributed by atoms with E-state index in [0.717, 1.165) is 22.8 Å². The Bertz CT molecular complexity index is 971. The monoisotopic (exact) mass is 367 g/mol. The van der Waals surface area contributed by atoms with E-state index in [1.165, 1.54) is 0 Å². The maximum Gasteiger partial charge on any atom is 0.335 e. The van der Waals surface area contributed by atoms with E-state index >= 15 is 0 Å². The van der Waals surface area contributed by atoms with Crippen molar-refractivity contribution in [3.63, 3.8) is 0 Å². The standard InChI is InChI=1S/C21H18ClNO3/c1-2-26-21(25)17(11-15-7-9-18(22)10-8-15)13-23-19(14-24)12-16-5-3-4-6-20(16)23/h3-12,14H,2,13H2,1H3/b17-11-. The van der Waals surface area contributed by atoms with Crippen molar-refractivity contribution in [2.75, 3.05) is 6.61 Å². The molecule has 4 nitrogen and oxygen atoms in total. The topological polar surface area (TPSA) is 48.3 Å². The maximum absolute atomic E-state index is 12.5.